The Bertz CT molecular complexity index is 287. The van der Waals surface area contributed by atoms with Crippen molar-refractivity contribution in [3.05, 3.63) is 0 Å². The van der Waals surface area contributed by atoms with Crippen LogP contribution in [0.5, 0.6) is 0 Å². The standard InChI is InChI=1S/C12H20N2O2/c1-4-5-6-7-8-11(13-9-15)12(2,3)14-10-16/h11H,4-8H2,1-3H3. The van der Waals surface area contributed by atoms with Crippen LogP contribution in [0.25, 0.3) is 0 Å². The number of hydrogen-bond donors (Lipinski definition) is 0. The highest BCUT2D eigenvalue weighted by atomic mass is 16.1. The molecule has 0 aliphatic carbocycles. The molecule has 90 valence electrons. The van der Waals surface area contributed by atoms with E-state index >= 15 is 0 Å². The first-order chi connectivity index (χ1) is 7.58. The van der Waals surface area contributed by atoms with Crippen LogP contribution < -0.4 is 0 Å². The Morgan fingerprint density at radius 3 is 2.31 bits per heavy atom. The van der Waals surface area contributed by atoms with E-state index in [0.29, 0.717) is 0 Å². The Hall–Kier alpha value is -1.24. The fourth-order valence-electron chi connectivity index (χ4n) is 1.60. The number of isocyanates is 2. The topological polar surface area (TPSA) is 58.9 Å². The normalized spacial score (nSPS) is 12.4. The van der Waals surface area contributed by atoms with Crippen molar-refractivity contribution < 1.29 is 9.59 Å². The molecule has 0 heterocycles. The van der Waals surface area contributed by atoms with Crippen LogP contribution in [0, 0.1) is 0 Å². The fourth-order valence-corrected chi connectivity index (χ4v) is 1.60. The van der Waals surface area contributed by atoms with E-state index < -0.39 is 5.54 Å². The van der Waals surface area contributed by atoms with Gasteiger partial charge in [-0.05, 0) is 20.3 Å². The van der Waals surface area contributed by atoms with Crippen LogP contribution >= 0.6 is 0 Å². The molecule has 0 aliphatic rings. The second kappa shape index (κ2) is 7.98. The van der Waals surface area contributed by atoms with Crippen LogP contribution in [0.2, 0.25) is 0 Å². The van der Waals surface area contributed by atoms with E-state index in [1.807, 2.05) is 0 Å². The summed E-state index contributed by atoms with van der Waals surface area (Å²) in [4.78, 5) is 28.0. The second-order valence-corrected chi connectivity index (χ2v) is 4.44. The van der Waals surface area contributed by atoms with Gasteiger partial charge in [0.2, 0.25) is 12.2 Å². The Balaban J connectivity index is 4.37. The molecule has 0 spiro atoms. The van der Waals surface area contributed by atoms with Crippen molar-refractivity contribution in [1.29, 1.82) is 0 Å². The summed E-state index contributed by atoms with van der Waals surface area (Å²) in [7, 11) is 0. The predicted octanol–water partition coefficient (Wildman–Crippen LogP) is 2.78. The molecule has 1 unspecified atom stereocenters. The van der Waals surface area contributed by atoms with Crippen molar-refractivity contribution in [3.63, 3.8) is 0 Å². The SMILES string of the molecule is CCCCCCC(N=C=O)C(C)(C)N=C=O. The third-order valence-electron chi connectivity index (χ3n) is 2.69. The molecule has 4 nitrogen and oxygen atoms in total. The maximum atomic E-state index is 10.3. The number of aliphatic imine (C=N–C) groups is 2. The van der Waals surface area contributed by atoms with Gasteiger partial charge in [-0.2, -0.15) is 9.98 Å². The Morgan fingerprint density at radius 2 is 1.81 bits per heavy atom. The predicted molar refractivity (Wildman–Crippen MR) is 62.9 cm³/mol. The first-order valence-electron chi connectivity index (χ1n) is 5.74. The molecule has 0 aromatic rings. The van der Waals surface area contributed by atoms with Gasteiger partial charge in [0.1, 0.15) is 0 Å². The molecule has 0 aromatic heterocycles. The highest BCUT2D eigenvalue weighted by molar-refractivity contribution is 5.37. The number of unbranched alkanes of at least 4 members (excludes halogenated alkanes) is 3. The molecule has 0 aliphatic heterocycles. The molecular formula is C12H20N2O2. The van der Waals surface area contributed by atoms with E-state index in [2.05, 4.69) is 16.9 Å². The Morgan fingerprint density at radius 1 is 1.12 bits per heavy atom. The lowest BCUT2D eigenvalue weighted by Gasteiger charge is -2.24. The minimum Gasteiger partial charge on any atom is -0.211 e. The van der Waals surface area contributed by atoms with Crippen molar-refractivity contribution in [1.82, 2.24) is 0 Å². The van der Waals surface area contributed by atoms with Crippen molar-refractivity contribution >= 4 is 12.2 Å². The van der Waals surface area contributed by atoms with Gasteiger partial charge in [0.05, 0.1) is 11.6 Å². The minimum absolute atomic E-state index is 0.275. The number of hydrogen-bond acceptors (Lipinski definition) is 4. The number of rotatable bonds is 8. The van der Waals surface area contributed by atoms with Gasteiger partial charge in [0.15, 0.2) is 0 Å². The van der Waals surface area contributed by atoms with Gasteiger partial charge < -0.3 is 0 Å². The molecule has 0 amide bonds. The Labute approximate surface area is 96.9 Å². The molecule has 0 N–H and O–H groups in total. The highest BCUT2D eigenvalue weighted by Gasteiger charge is 2.28. The average Bonchev–Trinajstić information content (AvgIpc) is 2.22. The van der Waals surface area contributed by atoms with Crippen LogP contribution in [0.4, 0.5) is 0 Å². The van der Waals surface area contributed by atoms with Crippen molar-refractivity contribution in [3.8, 4) is 0 Å². The van der Waals surface area contributed by atoms with Crippen LogP contribution in [-0.2, 0) is 9.59 Å². The maximum absolute atomic E-state index is 10.3. The fraction of sp³-hybridized carbons (Fsp3) is 0.833. The summed E-state index contributed by atoms with van der Waals surface area (Å²) in [6.45, 7) is 5.70. The zero-order valence-corrected chi connectivity index (χ0v) is 10.3. The summed E-state index contributed by atoms with van der Waals surface area (Å²) >= 11 is 0. The van der Waals surface area contributed by atoms with Gasteiger partial charge in [0, 0.05) is 0 Å². The molecule has 4 heteroatoms. The molecular weight excluding hydrogens is 204 g/mol. The van der Waals surface area contributed by atoms with E-state index in [9.17, 15) is 9.59 Å². The van der Waals surface area contributed by atoms with E-state index in [0.717, 1.165) is 25.7 Å². The number of nitrogens with zero attached hydrogens (tertiary/aromatic N) is 2. The molecule has 0 rings (SSSR count). The summed E-state index contributed by atoms with van der Waals surface area (Å²) < 4.78 is 0. The van der Waals surface area contributed by atoms with Crippen LogP contribution in [0.15, 0.2) is 9.98 Å². The van der Waals surface area contributed by atoms with E-state index in [-0.39, 0.29) is 6.04 Å². The van der Waals surface area contributed by atoms with Crippen molar-refractivity contribution in [2.45, 2.75) is 64.5 Å². The Kier molecular flexibility index (Phi) is 7.36. The molecule has 16 heavy (non-hydrogen) atoms. The zero-order chi connectivity index (χ0) is 12.4. The van der Waals surface area contributed by atoms with Gasteiger partial charge in [-0.3, -0.25) is 0 Å². The average molecular weight is 224 g/mol. The lowest BCUT2D eigenvalue weighted by Crippen LogP contribution is -2.32. The van der Waals surface area contributed by atoms with E-state index in [4.69, 9.17) is 0 Å². The molecule has 0 fully saturated rings. The number of carbonyl (C=O) groups excluding carboxylic acids is 2. The molecule has 0 radical (unpaired) electrons. The molecule has 0 saturated heterocycles. The van der Waals surface area contributed by atoms with Gasteiger partial charge in [-0.15, -0.1) is 0 Å². The third-order valence-corrected chi connectivity index (χ3v) is 2.69. The molecule has 0 aromatic carbocycles. The summed E-state index contributed by atoms with van der Waals surface area (Å²) in [6.07, 6.45) is 8.29. The van der Waals surface area contributed by atoms with E-state index in [1.165, 1.54) is 12.5 Å². The van der Waals surface area contributed by atoms with Crippen LogP contribution in [0.1, 0.15) is 52.9 Å². The van der Waals surface area contributed by atoms with Crippen molar-refractivity contribution in [2.75, 3.05) is 0 Å². The van der Waals surface area contributed by atoms with Gasteiger partial charge >= 0.3 is 0 Å². The maximum Gasteiger partial charge on any atom is 0.235 e. The van der Waals surface area contributed by atoms with Gasteiger partial charge in [-0.1, -0.05) is 32.6 Å². The quantitative estimate of drug-likeness (QED) is 0.361. The third kappa shape index (κ3) is 5.59. The first-order valence-corrected chi connectivity index (χ1v) is 5.74. The van der Waals surface area contributed by atoms with E-state index in [1.54, 1.807) is 19.9 Å². The molecule has 1 atom stereocenters. The monoisotopic (exact) mass is 224 g/mol. The van der Waals surface area contributed by atoms with Crippen molar-refractivity contribution in [2.24, 2.45) is 9.98 Å². The summed E-state index contributed by atoms with van der Waals surface area (Å²) in [5.74, 6) is 0. The highest BCUT2D eigenvalue weighted by Crippen LogP contribution is 2.22. The largest absolute Gasteiger partial charge is 0.235 e. The smallest absolute Gasteiger partial charge is 0.211 e. The zero-order valence-electron chi connectivity index (χ0n) is 10.3. The summed E-state index contributed by atoms with van der Waals surface area (Å²) in [5.41, 5.74) is -0.661. The summed E-state index contributed by atoms with van der Waals surface area (Å²) in [6, 6.07) is -0.275. The molecule has 0 bridgehead atoms. The minimum atomic E-state index is -0.661. The van der Waals surface area contributed by atoms with Gasteiger partial charge in [0.25, 0.3) is 0 Å². The van der Waals surface area contributed by atoms with Crippen LogP contribution in [0.3, 0.4) is 0 Å². The van der Waals surface area contributed by atoms with Crippen LogP contribution in [-0.4, -0.2) is 23.7 Å². The summed E-state index contributed by atoms with van der Waals surface area (Å²) in [5, 5.41) is 0. The molecule has 0 saturated carbocycles. The first kappa shape index (κ1) is 14.8. The lowest BCUT2D eigenvalue weighted by molar-refractivity contribution is 0.377. The second-order valence-electron chi connectivity index (χ2n) is 4.44. The lowest BCUT2D eigenvalue weighted by atomic mass is 9.91. The van der Waals surface area contributed by atoms with Gasteiger partial charge in [-0.25, -0.2) is 9.59 Å².